The minimum Gasteiger partial charge on any atom is -0.490 e. The Morgan fingerprint density at radius 2 is 1.67 bits per heavy atom. The molecular weight excluding hydrogens is 525 g/mol. The lowest BCUT2D eigenvalue weighted by Gasteiger charge is -2.49. The van der Waals surface area contributed by atoms with E-state index >= 15 is 0 Å². The van der Waals surface area contributed by atoms with Gasteiger partial charge in [-0.25, -0.2) is 0 Å². The summed E-state index contributed by atoms with van der Waals surface area (Å²) in [5.41, 5.74) is 0.238. The van der Waals surface area contributed by atoms with Crippen LogP contribution in [0.2, 0.25) is 0 Å². The maximum absolute atomic E-state index is 6.21. The summed E-state index contributed by atoms with van der Waals surface area (Å²) in [5.74, 6) is 2.08. The fraction of sp³-hybridized carbons (Fsp3) is 0.731. The van der Waals surface area contributed by atoms with Crippen molar-refractivity contribution in [3.05, 3.63) is 30.3 Å². The second kappa shape index (κ2) is 13.1. The zero-order chi connectivity index (χ0) is 22.2. The molecule has 3 fully saturated rings. The Morgan fingerprint density at radius 3 is 2.30 bits per heavy atom. The lowest BCUT2D eigenvalue weighted by atomic mass is 9.84. The van der Waals surface area contributed by atoms with Crippen LogP contribution in [-0.4, -0.2) is 91.7 Å². The predicted molar refractivity (Wildman–Crippen MR) is 148 cm³/mol. The lowest BCUT2D eigenvalue weighted by molar-refractivity contribution is 0.0205. The van der Waals surface area contributed by atoms with E-state index in [1.807, 2.05) is 18.2 Å². The van der Waals surface area contributed by atoms with E-state index in [0.29, 0.717) is 6.10 Å². The number of nitrogens with zero attached hydrogens (tertiary/aromatic N) is 4. The van der Waals surface area contributed by atoms with Crippen LogP contribution in [0, 0.1) is 0 Å². The molecule has 33 heavy (non-hydrogen) atoms. The third-order valence-corrected chi connectivity index (χ3v) is 7.59. The largest absolute Gasteiger partial charge is 0.490 e. The molecule has 0 amide bonds. The van der Waals surface area contributed by atoms with Crippen molar-refractivity contribution in [2.24, 2.45) is 4.99 Å². The van der Waals surface area contributed by atoms with Crippen LogP contribution in [0.1, 0.15) is 51.9 Å². The van der Waals surface area contributed by atoms with Crippen molar-refractivity contribution in [1.29, 1.82) is 0 Å². The molecule has 3 heterocycles. The van der Waals surface area contributed by atoms with Crippen LogP contribution in [0.4, 0.5) is 0 Å². The summed E-state index contributed by atoms with van der Waals surface area (Å²) < 4.78 is 6.21. The molecule has 1 aromatic carbocycles. The standard InChI is InChI=1S/C26H43N5O.HI/c1-3-27-25(30-18-12-24(13-19-30)32-23-10-6-4-7-11-23)28-22-26(14-20-29(2)21-15-26)31-16-8-5-9-17-31;/h4,6-7,10-11,24H,3,5,8-9,12-22H2,1-2H3,(H,27,28);1H. The summed E-state index contributed by atoms with van der Waals surface area (Å²) in [5, 5.41) is 3.59. The Kier molecular flexibility index (Phi) is 10.6. The van der Waals surface area contributed by atoms with E-state index in [1.54, 1.807) is 0 Å². The first-order chi connectivity index (χ1) is 15.7. The van der Waals surface area contributed by atoms with Crippen molar-refractivity contribution in [3.8, 4) is 5.75 Å². The van der Waals surface area contributed by atoms with Crippen molar-refractivity contribution in [2.75, 3.05) is 59.4 Å². The summed E-state index contributed by atoms with van der Waals surface area (Å²) in [6, 6.07) is 10.2. The molecule has 4 rings (SSSR count). The van der Waals surface area contributed by atoms with Gasteiger partial charge in [0.05, 0.1) is 6.54 Å². The number of benzene rings is 1. The van der Waals surface area contributed by atoms with Gasteiger partial charge in [-0.05, 0) is 78.0 Å². The highest BCUT2D eigenvalue weighted by Crippen LogP contribution is 2.32. The van der Waals surface area contributed by atoms with E-state index in [9.17, 15) is 0 Å². The molecule has 0 radical (unpaired) electrons. The number of para-hydroxylation sites is 1. The van der Waals surface area contributed by atoms with E-state index in [4.69, 9.17) is 9.73 Å². The molecule has 3 aliphatic rings. The van der Waals surface area contributed by atoms with E-state index in [2.05, 4.69) is 46.1 Å². The monoisotopic (exact) mass is 569 g/mol. The smallest absolute Gasteiger partial charge is 0.193 e. The zero-order valence-electron chi connectivity index (χ0n) is 20.7. The first kappa shape index (κ1) is 26.5. The first-order valence-electron chi connectivity index (χ1n) is 12.9. The lowest BCUT2D eigenvalue weighted by Crippen LogP contribution is -2.58. The van der Waals surface area contributed by atoms with Crippen LogP contribution in [0.3, 0.4) is 0 Å². The molecule has 7 heteroatoms. The summed E-state index contributed by atoms with van der Waals surface area (Å²) in [6.07, 6.45) is 8.93. The van der Waals surface area contributed by atoms with Gasteiger partial charge in [-0.15, -0.1) is 24.0 Å². The van der Waals surface area contributed by atoms with Crippen LogP contribution in [-0.2, 0) is 0 Å². The number of ether oxygens (including phenoxy) is 1. The highest BCUT2D eigenvalue weighted by molar-refractivity contribution is 14.0. The molecule has 6 nitrogen and oxygen atoms in total. The summed E-state index contributed by atoms with van der Waals surface area (Å²) in [4.78, 5) is 13.0. The first-order valence-corrected chi connectivity index (χ1v) is 12.9. The van der Waals surface area contributed by atoms with Crippen molar-refractivity contribution < 1.29 is 4.74 Å². The number of piperidine rings is 3. The molecular formula is C26H44IN5O. The molecule has 1 aromatic rings. The molecule has 186 valence electrons. The van der Waals surface area contributed by atoms with Crippen LogP contribution in [0.5, 0.6) is 5.75 Å². The molecule has 0 bridgehead atoms. The quantitative estimate of drug-likeness (QED) is 0.318. The molecule has 0 spiro atoms. The normalized spacial score (nSPS) is 23.1. The minimum atomic E-state index is 0. The number of guanidine groups is 1. The van der Waals surface area contributed by atoms with E-state index in [0.717, 1.165) is 50.7 Å². The molecule has 0 saturated carbocycles. The fourth-order valence-electron chi connectivity index (χ4n) is 5.50. The van der Waals surface area contributed by atoms with Crippen LogP contribution in [0.25, 0.3) is 0 Å². The Hall–Kier alpha value is -1.06. The van der Waals surface area contributed by atoms with Gasteiger partial charge in [0.1, 0.15) is 11.9 Å². The maximum Gasteiger partial charge on any atom is 0.193 e. The van der Waals surface area contributed by atoms with Gasteiger partial charge in [0.15, 0.2) is 5.96 Å². The van der Waals surface area contributed by atoms with Gasteiger partial charge in [-0.3, -0.25) is 9.89 Å². The third-order valence-electron chi connectivity index (χ3n) is 7.59. The van der Waals surface area contributed by atoms with Gasteiger partial charge in [0.25, 0.3) is 0 Å². The Labute approximate surface area is 218 Å². The Balaban J connectivity index is 0.00000306. The van der Waals surface area contributed by atoms with Crippen LogP contribution < -0.4 is 10.1 Å². The molecule has 0 unspecified atom stereocenters. The van der Waals surface area contributed by atoms with Gasteiger partial charge in [-0.1, -0.05) is 24.6 Å². The van der Waals surface area contributed by atoms with Gasteiger partial charge in [0.2, 0.25) is 0 Å². The molecule has 3 saturated heterocycles. The molecule has 0 aromatic heterocycles. The molecule has 0 atom stereocenters. The number of halogens is 1. The number of hydrogen-bond acceptors (Lipinski definition) is 4. The van der Waals surface area contributed by atoms with E-state index in [-0.39, 0.29) is 29.5 Å². The highest BCUT2D eigenvalue weighted by Gasteiger charge is 2.39. The second-order valence-corrected chi connectivity index (χ2v) is 9.86. The Bertz CT molecular complexity index is 709. The number of likely N-dealkylation sites (tertiary alicyclic amines) is 3. The number of aliphatic imine (C=N–C) groups is 1. The maximum atomic E-state index is 6.21. The number of nitrogens with one attached hydrogen (secondary N) is 1. The summed E-state index contributed by atoms with van der Waals surface area (Å²) in [7, 11) is 2.26. The van der Waals surface area contributed by atoms with Gasteiger partial charge in [-0.2, -0.15) is 0 Å². The SMILES string of the molecule is CCNC(=NCC1(N2CCCCC2)CCN(C)CC1)N1CCC(Oc2ccccc2)CC1.I. The van der Waals surface area contributed by atoms with Gasteiger partial charge < -0.3 is 19.9 Å². The highest BCUT2D eigenvalue weighted by atomic mass is 127. The van der Waals surface area contributed by atoms with E-state index < -0.39 is 0 Å². The van der Waals surface area contributed by atoms with Crippen LogP contribution in [0.15, 0.2) is 35.3 Å². The number of hydrogen-bond donors (Lipinski definition) is 1. The zero-order valence-corrected chi connectivity index (χ0v) is 23.0. The molecule has 0 aliphatic carbocycles. The predicted octanol–water partition coefficient (Wildman–Crippen LogP) is 4.06. The minimum absolute atomic E-state index is 0. The third kappa shape index (κ3) is 7.21. The fourth-order valence-corrected chi connectivity index (χ4v) is 5.50. The van der Waals surface area contributed by atoms with Gasteiger partial charge in [0, 0.05) is 38.0 Å². The van der Waals surface area contributed by atoms with Gasteiger partial charge >= 0.3 is 0 Å². The average molecular weight is 570 g/mol. The topological polar surface area (TPSA) is 43.3 Å². The van der Waals surface area contributed by atoms with E-state index in [1.165, 1.54) is 58.3 Å². The van der Waals surface area contributed by atoms with Crippen molar-refractivity contribution >= 4 is 29.9 Å². The van der Waals surface area contributed by atoms with Crippen molar-refractivity contribution in [3.63, 3.8) is 0 Å². The number of rotatable bonds is 6. The van der Waals surface area contributed by atoms with Crippen LogP contribution >= 0.6 is 24.0 Å². The Morgan fingerprint density at radius 1 is 1.00 bits per heavy atom. The molecule has 1 N–H and O–H groups in total. The van der Waals surface area contributed by atoms with Crippen molar-refractivity contribution in [2.45, 2.75) is 63.5 Å². The summed E-state index contributed by atoms with van der Waals surface area (Å²) >= 11 is 0. The second-order valence-electron chi connectivity index (χ2n) is 9.86. The average Bonchev–Trinajstić information content (AvgIpc) is 2.85. The molecule has 3 aliphatic heterocycles. The summed E-state index contributed by atoms with van der Waals surface area (Å²) in [6.45, 7) is 10.9. The van der Waals surface area contributed by atoms with Crippen molar-refractivity contribution in [1.82, 2.24) is 20.0 Å².